The van der Waals surface area contributed by atoms with Gasteiger partial charge in [-0.3, -0.25) is 4.79 Å². The fourth-order valence-corrected chi connectivity index (χ4v) is 3.62. The van der Waals surface area contributed by atoms with Crippen molar-refractivity contribution >= 4 is 5.91 Å². The van der Waals surface area contributed by atoms with Gasteiger partial charge in [-0.15, -0.1) is 0 Å². The van der Waals surface area contributed by atoms with E-state index in [9.17, 15) is 4.79 Å². The Kier molecular flexibility index (Phi) is 2.52. The van der Waals surface area contributed by atoms with Crippen molar-refractivity contribution in [3.8, 4) is 5.75 Å². The van der Waals surface area contributed by atoms with Crippen LogP contribution >= 0.6 is 0 Å². The number of nitrogens with one attached hydrogen (secondary N) is 1. The number of rotatable bonds is 1. The molecular weight excluding hydrogens is 240 g/mol. The van der Waals surface area contributed by atoms with Crippen LogP contribution in [0, 0.1) is 11.8 Å². The Morgan fingerprint density at radius 1 is 1.21 bits per heavy atom. The van der Waals surface area contributed by atoms with Gasteiger partial charge in [-0.25, -0.2) is 0 Å². The van der Waals surface area contributed by atoms with Crippen LogP contribution in [0.5, 0.6) is 5.75 Å². The van der Waals surface area contributed by atoms with Gasteiger partial charge in [0.25, 0.3) is 0 Å². The lowest BCUT2D eigenvalue weighted by molar-refractivity contribution is -0.132. The number of amides is 1. The van der Waals surface area contributed by atoms with Crippen molar-refractivity contribution in [2.45, 2.75) is 5.92 Å². The summed E-state index contributed by atoms with van der Waals surface area (Å²) in [4.78, 5) is 14.7. The second-order valence-electron chi connectivity index (χ2n) is 5.82. The average Bonchev–Trinajstić information content (AvgIpc) is 3.11. The number of para-hydroxylation sites is 1. The molecule has 19 heavy (non-hydrogen) atoms. The molecule has 0 bridgehead atoms. The third-order valence-electron chi connectivity index (χ3n) is 4.70. The van der Waals surface area contributed by atoms with Crippen LogP contribution in [0.2, 0.25) is 0 Å². The molecule has 2 saturated heterocycles. The molecule has 1 aromatic carbocycles. The molecule has 0 aromatic heterocycles. The van der Waals surface area contributed by atoms with Gasteiger partial charge in [0.15, 0.2) is 0 Å². The number of carbonyl (C=O) groups is 1. The van der Waals surface area contributed by atoms with Crippen LogP contribution < -0.4 is 10.1 Å². The Morgan fingerprint density at radius 3 is 2.74 bits per heavy atom. The molecule has 4 rings (SSSR count). The highest BCUT2D eigenvalue weighted by atomic mass is 16.5. The van der Waals surface area contributed by atoms with Gasteiger partial charge in [-0.05, 0) is 17.9 Å². The summed E-state index contributed by atoms with van der Waals surface area (Å²) in [5.74, 6) is 2.34. The predicted octanol–water partition coefficient (Wildman–Crippen LogP) is 0.840. The molecule has 4 heteroatoms. The lowest BCUT2D eigenvalue weighted by Crippen LogP contribution is -2.36. The minimum absolute atomic E-state index is 0.0945. The molecule has 1 N–H and O–H groups in total. The number of hydrogen-bond donors (Lipinski definition) is 1. The Morgan fingerprint density at radius 2 is 1.95 bits per heavy atom. The molecule has 1 aromatic rings. The Hall–Kier alpha value is -1.55. The average molecular weight is 258 g/mol. The van der Waals surface area contributed by atoms with E-state index in [2.05, 4.69) is 5.32 Å². The van der Waals surface area contributed by atoms with E-state index < -0.39 is 0 Å². The highest BCUT2D eigenvalue weighted by molar-refractivity contribution is 5.85. The summed E-state index contributed by atoms with van der Waals surface area (Å²) in [6, 6.07) is 7.91. The largest absolute Gasteiger partial charge is 0.492 e. The van der Waals surface area contributed by atoms with E-state index in [-0.39, 0.29) is 11.8 Å². The number of fused-ring (bicyclic) bond motifs is 2. The van der Waals surface area contributed by atoms with E-state index in [1.807, 2.05) is 29.2 Å². The summed E-state index contributed by atoms with van der Waals surface area (Å²) >= 11 is 0. The summed E-state index contributed by atoms with van der Waals surface area (Å²) in [5, 5.41) is 3.41. The SMILES string of the molecule is O=C(C1COc2ccccc21)N1C[C@H]2CNC[C@H]2C1. The second-order valence-corrected chi connectivity index (χ2v) is 5.82. The minimum Gasteiger partial charge on any atom is -0.492 e. The first-order valence-electron chi connectivity index (χ1n) is 7.04. The van der Waals surface area contributed by atoms with Gasteiger partial charge in [0.05, 0.1) is 0 Å². The second kappa shape index (κ2) is 4.23. The Labute approximate surface area is 112 Å². The van der Waals surface area contributed by atoms with E-state index in [0.717, 1.165) is 37.5 Å². The predicted molar refractivity (Wildman–Crippen MR) is 71.1 cm³/mol. The van der Waals surface area contributed by atoms with Crippen molar-refractivity contribution in [1.29, 1.82) is 0 Å². The van der Waals surface area contributed by atoms with Crippen molar-refractivity contribution in [3.05, 3.63) is 29.8 Å². The van der Waals surface area contributed by atoms with Crippen molar-refractivity contribution in [1.82, 2.24) is 10.2 Å². The molecule has 3 heterocycles. The maximum absolute atomic E-state index is 12.7. The summed E-state index contributed by atoms with van der Waals surface area (Å²) in [5.41, 5.74) is 1.06. The van der Waals surface area contributed by atoms with E-state index in [1.165, 1.54) is 0 Å². The first-order chi connectivity index (χ1) is 9.33. The smallest absolute Gasteiger partial charge is 0.233 e. The first-order valence-corrected chi connectivity index (χ1v) is 7.04. The van der Waals surface area contributed by atoms with Gasteiger partial charge in [-0.2, -0.15) is 0 Å². The Bertz CT molecular complexity index is 505. The van der Waals surface area contributed by atoms with Gasteiger partial charge in [0.2, 0.25) is 5.91 Å². The van der Waals surface area contributed by atoms with Crippen LogP contribution in [0.4, 0.5) is 0 Å². The monoisotopic (exact) mass is 258 g/mol. The minimum atomic E-state index is -0.0945. The molecule has 3 aliphatic heterocycles. The molecule has 1 amide bonds. The van der Waals surface area contributed by atoms with Crippen LogP contribution in [0.3, 0.4) is 0 Å². The topological polar surface area (TPSA) is 41.6 Å². The van der Waals surface area contributed by atoms with E-state index in [0.29, 0.717) is 18.4 Å². The molecular formula is C15H18N2O2. The fraction of sp³-hybridized carbons (Fsp3) is 0.533. The highest BCUT2D eigenvalue weighted by Gasteiger charge is 2.41. The number of carbonyl (C=O) groups excluding carboxylic acids is 1. The van der Waals surface area contributed by atoms with Crippen LogP contribution in [0.1, 0.15) is 11.5 Å². The molecule has 4 nitrogen and oxygen atoms in total. The zero-order valence-corrected chi connectivity index (χ0v) is 10.8. The van der Waals surface area contributed by atoms with Crippen molar-refractivity contribution in [2.75, 3.05) is 32.8 Å². The molecule has 0 saturated carbocycles. The van der Waals surface area contributed by atoms with Crippen LogP contribution in [-0.2, 0) is 4.79 Å². The zero-order chi connectivity index (χ0) is 12.8. The maximum Gasteiger partial charge on any atom is 0.233 e. The van der Waals surface area contributed by atoms with E-state index in [1.54, 1.807) is 0 Å². The third-order valence-corrected chi connectivity index (χ3v) is 4.70. The molecule has 3 aliphatic rings. The fourth-order valence-electron chi connectivity index (χ4n) is 3.62. The van der Waals surface area contributed by atoms with Gasteiger partial charge < -0.3 is 15.0 Å². The van der Waals surface area contributed by atoms with Crippen molar-refractivity contribution in [2.24, 2.45) is 11.8 Å². The number of nitrogens with zero attached hydrogens (tertiary/aromatic N) is 1. The van der Waals surface area contributed by atoms with Crippen LogP contribution in [0.15, 0.2) is 24.3 Å². The number of benzene rings is 1. The molecule has 0 spiro atoms. The standard InChI is InChI=1S/C15H18N2O2/c18-15(17-7-10-5-16-6-11(10)8-17)13-9-19-14-4-2-1-3-12(13)14/h1-4,10-11,13,16H,5-9H2/t10-,11+,13?. The van der Waals surface area contributed by atoms with Crippen LogP contribution in [-0.4, -0.2) is 43.6 Å². The van der Waals surface area contributed by atoms with E-state index >= 15 is 0 Å². The molecule has 3 atom stereocenters. The summed E-state index contributed by atoms with van der Waals surface area (Å²) in [6.45, 7) is 4.45. The first kappa shape index (κ1) is 11.3. The zero-order valence-electron chi connectivity index (χ0n) is 10.8. The molecule has 0 aliphatic carbocycles. The molecule has 2 fully saturated rings. The third kappa shape index (κ3) is 1.74. The molecule has 1 unspecified atom stereocenters. The molecule has 0 radical (unpaired) electrons. The number of hydrogen-bond acceptors (Lipinski definition) is 3. The lowest BCUT2D eigenvalue weighted by atomic mass is 10.00. The molecule has 100 valence electrons. The Balaban J connectivity index is 1.53. The maximum atomic E-state index is 12.7. The lowest BCUT2D eigenvalue weighted by Gasteiger charge is -2.21. The normalized spacial score (nSPS) is 32.0. The number of ether oxygens (including phenoxy) is 1. The van der Waals surface area contributed by atoms with Gasteiger partial charge >= 0.3 is 0 Å². The number of likely N-dealkylation sites (tertiary alicyclic amines) is 1. The van der Waals surface area contributed by atoms with Crippen molar-refractivity contribution in [3.63, 3.8) is 0 Å². The van der Waals surface area contributed by atoms with E-state index in [4.69, 9.17) is 4.74 Å². The quantitative estimate of drug-likeness (QED) is 0.811. The van der Waals surface area contributed by atoms with Gasteiger partial charge in [0, 0.05) is 31.7 Å². The highest BCUT2D eigenvalue weighted by Crippen LogP contribution is 2.36. The van der Waals surface area contributed by atoms with Gasteiger partial charge in [0.1, 0.15) is 18.3 Å². The summed E-state index contributed by atoms with van der Waals surface area (Å²) in [7, 11) is 0. The summed E-state index contributed by atoms with van der Waals surface area (Å²) in [6.07, 6.45) is 0. The van der Waals surface area contributed by atoms with Gasteiger partial charge in [-0.1, -0.05) is 18.2 Å². The van der Waals surface area contributed by atoms with Crippen LogP contribution in [0.25, 0.3) is 0 Å². The van der Waals surface area contributed by atoms with Crippen molar-refractivity contribution < 1.29 is 9.53 Å². The summed E-state index contributed by atoms with van der Waals surface area (Å²) < 4.78 is 5.63.